The smallest absolute Gasteiger partial charge is 0.138 e. The summed E-state index contributed by atoms with van der Waals surface area (Å²) in [6.07, 6.45) is 0.929. The van der Waals surface area contributed by atoms with E-state index in [1.165, 1.54) is 0 Å². The van der Waals surface area contributed by atoms with E-state index in [0.717, 1.165) is 17.7 Å². The highest BCUT2D eigenvalue weighted by atomic mass is 35.5. The van der Waals surface area contributed by atoms with Gasteiger partial charge in [0.2, 0.25) is 0 Å². The Morgan fingerprint density at radius 1 is 1.44 bits per heavy atom. The summed E-state index contributed by atoms with van der Waals surface area (Å²) in [7, 11) is 0. The van der Waals surface area contributed by atoms with Crippen molar-refractivity contribution in [2.45, 2.75) is 45.8 Å². The summed E-state index contributed by atoms with van der Waals surface area (Å²) in [5, 5.41) is 0.622. The molecule has 0 unspecified atom stereocenters. The van der Waals surface area contributed by atoms with Crippen LogP contribution in [-0.2, 0) is 0 Å². The van der Waals surface area contributed by atoms with Crippen molar-refractivity contribution in [2.24, 2.45) is 5.73 Å². The van der Waals surface area contributed by atoms with Gasteiger partial charge in [-0.1, -0.05) is 24.6 Å². The largest absolute Gasteiger partial charge is 0.486 e. The van der Waals surface area contributed by atoms with Crippen LogP contribution >= 0.6 is 11.6 Å². The molecule has 0 saturated heterocycles. The molecule has 1 aromatic carbocycles. The first-order chi connectivity index (χ1) is 7.35. The Bertz CT molecular complexity index is 361. The molecule has 1 rings (SSSR count). The zero-order valence-electron chi connectivity index (χ0n) is 10.4. The molecule has 2 nitrogen and oxygen atoms in total. The lowest BCUT2D eigenvalue weighted by atomic mass is 10.1. The van der Waals surface area contributed by atoms with Crippen LogP contribution in [0, 0.1) is 0 Å². The first-order valence-electron chi connectivity index (χ1n) is 5.60. The number of hydrogen-bond acceptors (Lipinski definition) is 2. The van der Waals surface area contributed by atoms with Crippen LogP contribution in [-0.4, -0.2) is 5.60 Å². The van der Waals surface area contributed by atoms with E-state index in [4.69, 9.17) is 22.1 Å². The Labute approximate surface area is 103 Å². The Hall–Kier alpha value is -0.730. The average Bonchev–Trinajstić information content (AvgIpc) is 2.20. The van der Waals surface area contributed by atoms with E-state index in [1.54, 1.807) is 0 Å². The van der Waals surface area contributed by atoms with Crippen LogP contribution in [0.15, 0.2) is 18.2 Å². The molecule has 1 aromatic rings. The summed E-state index contributed by atoms with van der Waals surface area (Å²) in [4.78, 5) is 0. The summed E-state index contributed by atoms with van der Waals surface area (Å²) >= 11 is 6.16. The second-order valence-corrected chi connectivity index (χ2v) is 5.10. The van der Waals surface area contributed by atoms with Gasteiger partial charge in [-0.05, 0) is 44.9 Å². The minimum atomic E-state index is -0.195. The second-order valence-electron chi connectivity index (χ2n) is 4.69. The molecule has 0 aliphatic heterocycles. The van der Waals surface area contributed by atoms with Gasteiger partial charge in [-0.25, -0.2) is 0 Å². The van der Waals surface area contributed by atoms with Crippen molar-refractivity contribution in [1.29, 1.82) is 0 Å². The molecule has 0 bridgehead atoms. The summed E-state index contributed by atoms with van der Waals surface area (Å²) in [5.74, 6) is 0.720. The number of ether oxygens (including phenoxy) is 1. The van der Waals surface area contributed by atoms with Gasteiger partial charge >= 0.3 is 0 Å². The van der Waals surface area contributed by atoms with Crippen LogP contribution in [0.25, 0.3) is 0 Å². The normalized spacial score (nSPS) is 13.6. The molecular weight excluding hydrogens is 222 g/mol. The molecule has 3 heteroatoms. The standard InChI is InChI=1S/C13H20ClNO/c1-5-13(3,4)16-12-7-6-10(9(2)15)8-11(12)14/h6-9H,5,15H2,1-4H3/t9-/m0/s1. The third-order valence-electron chi connectivity index (χ3n) is 2.72. The van der Waals surface area contributed by atoms with Crippen molar-refractivity contribution in [3.8, 4) is 5.75 Å². The fraction of sp³-hybridized carbons (Fsp3) is 0.538. The van der Waals surface area contributed by atoms with E-state index in [2.05, 4.69) is 6.92 Å². The van der Waals surface area contributed by atoms with Crippen molar-refractivity contribution in [1.82, 2.24) is 0 Å². The molecule has 0 amide bonds. The number of benzene rings is 1. The molecule has 0 fully saturated rings. The maximum Gasteiger partial charge on any atom is 0.138 e. The van der Waals surface area contributed by atoms with Gasteiger partial charge in [0.1, 0.15) is 11.4 Å². The van der Waals surface area contributed by atoms with Crippen LogP contribution in [0.3, 0.4) is 0 Å². The van der Waals surface area contributed by atoms with Gasteiger partial charge in [-0.2, -0.15) is 0 Å². The van der Waals surface area contributed by atoms with Gasteiger partial charge in [-0.3, -0.25) is 0 Å². The Morgan fingerprint density at radius 3 is 2.50 bits per heavy atom. The molecule has 0 aliphatic rings. The number of hydrogen-bond donors (Lipinski definition) is 1. The lowest BCUT2D eigenvalue weighted by Crippen LogP contribution is -2.26. The van der Waals surface area contributed by atoms with Gasteiger partial charge in [0.25, 0.3) is 0 Å². The maximum absolute atomic E-state index is 6.16. The Balaban J connectivity index is 2.91. The topological polar surface area (TPSA) is 35.2 Å². The lowest BCUT2D eigenvalue weighted by molar-refractivity contribution is 0.105. The quantitative estimate of drug-likeness (QED) is 0.867. The molecular formula is C13H20ClNO. The lowest BCUT2D eigenvalue weighted by Gasteiger charge is -2.25. The average molecular weight is 242 g/mol. The van der Waals surface area contributed by atoms with E-state index >= 15 is 0 Å². The van der Waals surface area contributed by atoms with Crippen molar-refractivity contribution in [3.63, 3.8) is 0 Å². The third-order valence-corrected chi connectivity index (χ3v) is 3.01. The maximum atomic E-state index is 6.16. The minimum Gasteiger partial charge on any atom is -0.486 e. The SMILES string of the molecule is CCC(C)(C)Oc1ccc([C@H](C)N)cc1Cl. The van der Waals surface area contributed by atoms with E-state index in [9.17, 15) is 0 Å². The van der Waals surface area contributed by atoms with Gasteiger partial charge in [0, 0.05) is 6.04 Å². The van der Waals surface area contributed by atoms with Crippen molar-refractivity contribution in [2.75, 3.05) is 0 Å². The number of halogens is 1. The molecule has 0 aromatic heterocycles. The van der Waals surface area contributed by atoms with Crippen LogP contribution in [0.4, 0.5) is 0 Å². The van der Waals surface area contributed by atoms with Crippen LogP contribution in [0.2, 0.25) is 5.02 Å². The zero-order chi connectivity index (χ0) is 12.3. The highest BCUT2D eigenvalue weighted by Gasteiger charge is 2.18. The highest BCUT2D eigenvalue weighted by molar-refractivity contribution is 6.32. The van der Waals surface area contributed by atoms with Gasteiger partial charge in [0.05, 0.1) is 5.02 Å². The molecule has 0 saturated carbocycles. The second kappa shape index (κ2) is 5.07. The van der Waals surface area contributed by atoms with E-state index in [0.29, 0.717) is 5.02 Å². The van der Waals surface area contributed by atoms with Gasteiger partial charge in [-0.15, -0.1) is 0 Å². The van der Waals surface area contributed by atoms with Crippen molar-refractivity contribution >= 4 is 11.6 Å². The molecule has 0 spiro atoms. The molecule has 0 radical (unpaired) electrons. The molecule has 16 heavy (non-hydrogen) atoms. The molecule has 2 N–H and O–H groups in total. The highest BCUT2D eigenvalue weighted by Crippen LogP contribution is 2.30. The summed E-state index contributed by atoms with van der Waals surface area (Å²) < 4.78 is 5.84. The van der Waals surface area contributed by atoms with E-state index in [1.807, 2.05) is 39.0 Å². The molecule has 0 aliphatic carbocycles. The third kappa shape index (κ3) is 3.39. The molecule has 90 valence electrons. The van der Waals surface area contributed by atoms with Crippen LogP contribution < -0.4 is 10.5 Å². The molecule has 0 heterocycles. The van der Waals surface area contributed by atoms with Crippen molar-refractivity contribution < 1.29 is 4.74 Å². The van der Waals surface area contributed by atoms with Crippen LogP contribution in [0.5, 0.6) is 5.75 Å². The molecule has 1 atom stereocenters. The van der Waals surface area contributed by atoms with Crippen LogP contribution in [0.1, 0.15) is 45.7 Å². The fourth-order valence-corrected chi connectivity index (χ4v) is 1.48. The fourth-order valence-electron chi connectivity index (χ4n) is 1.25. The first-order valence-corrected chi connectivity index (χ1v) is 5.97. The van der Waals surface area contributed by atoms with E-state index < -0.39 is 0 Å². The number of rotatable bonds is 4. The van der Waals surface area contributed by atoms with Crippen molar-refractivity contribution in [3.05, 3.63) is 28.8 Å². The Morgan fingerprint density at radius 2 is 2.06 bits per heavy atom. The minimum absolute atomic E-state index is 0.00858. The monoisotopic (exact) mass is 241 g/mol. The Kier molecular flexibility index (Phi) is 4.22. The zero-order valence-corrected chi connectivity index (χ0v) is 11.1. The predicted octanol–water partition coefficient (Wildman–Crippen LogP) is 3.93. The van der Waals surface area contributed by atoms with Gasteiger partial charge in [0.15, 0.2) is 0 Å². The summed E-state index contributed by atoms with van der Waals surface area (Å²) in [6.45, 7) is 8.11. The first kappa shape index (κ1) is 13.3. The van der Waals surface area contributed by atoms with Gasteiger partial charge < -0.3 is 10.5 Å². The van der Waals surface area contributed by atoms with E-state index in [-0.39, 0.29) is 11.6 Å². The predicted molar refractivity (Wildman–Crippen MR) is 69.1 cm³/mol. The number of nitrogens with two attached hydrogens (primary N) is 1. The summed E-state index contributed by atoms with van der Waals surface area (Å²) in [6, 6.07) is 5.70. The summed E-state index contributed by atoms with van der Waals surface area (Å²) in [5.41, 5.74) is 6.61.